The molecule has 0 radical (unpaired) electrons. The molecule has 1 heterocycles. The summed E-state index contributed by atoms with van der Waals surface area (Å²) in [6.45, 7) is 8.12. The molecule has 0 aliphatic carbocycles. The summed E-state index contributed by atoms with van der Waals surface area (Å²) in [5, 5.41) is 5.76. The summed E-state index contributed by atoms with van der Waals surface area (Å²) in [7, 11) is 0. The van der Waals surface area contributed by atoms with Gasteiger partial charge in [-0.15, -0.1) is 6.58 Å². The van der Waals surface area contributed by atoms with Gasteiger partial charge in [0.05, 0.1) is 18.5 Å². The van der Waals surface area contributed by atoms with Gasteiger partial charge >= 0.3 is 0 Å². The molecule has 6 nitrogen and oxygen atoms in total. The lowest BCUT2D eigenvalue weighted by Gasteiger charge is -2.10. The Morgan fingerprint density at radius 1 is 1.26 bits per heavy atom. The van der Waals surface area contributed by atoms with Gasteiger partial charge in [-0.05, 0) is 38.1 Å². The predicted molar refractivity (Wildman–Crippen MR) is 90.9 cm³/mol. The van der Waals surface area contributed by atoms with Crippen LogP contribution in [0, 0.1) is 0 Å². The van der Waals surface area contributed by atoms with Crippen molar-refractivity contribution in [3.05, 3.63) is 55.0 Å². The van der Waals surface area contributed by atoms with Gasteiger partial charge in [0.15, 0.2) is 0 Å². The first-order valence-electron chi connectivity index (χ1n) is 7.33. The van der Waals surface area contributed by atoms with Crippen LogP contribution in [-0.2, 0) is 0 Å². The summed E-state index contributed by atoms with van der Waals surface area (Å²) < 4.78 is 5.56. The highest BCUT2D eigenvalue weighted by molar-refractivity contribution is 6.02. The van der Waals surface area contributed by atoms with Crippen molar-refractivity contribution < 1.29 is 9.53 Å². The zero-order valence-electron chi connectivity index (χ0n) is 13.2. The summed E-state index contributed by atoms with van der Waals surface area (Å²) >= 11 is 0. The van der Waals surface area contributed by atoms with Gasteiger partial charge in [0, 0.05) is 12.2 Å². The number of carbonyl (C=O) groups is 1. The quantitative estimate of drug-likeness (QED) is 0.768. The third kappa shape index (κ3) is 5.10. The fourth-order valence-electron chi connectivity index (χ4n) is 1.80. The Bertz CT molecular complexity index is 651. The molecule has 0 saturated carbocycles. The van der Waals surface area contributed by atoms with Gasteiger partial charge in [-0.1, -0.05) is 6.08 Å². The molecule has 0 saturated heterocycles. The minimum atomic E-state index is -0.315. The number of amides is 1. The molecular formula is C17H20N4O2. The van der Waals surface area contributed by atoms with Crippen LogP contribution in [0.3, 0.4) is 0 Å². The number of nitrogens with zero attached hydrogens (tertiary/aromatic N) is 2. The molecule has 0 fully saturated rings. The van der Waals surface area contributed by atoms with Crippen LogP contribution in [0.1, 0.15) is 24.3 Å². The molecule has 0 aliphatic rings. The van der Waals surface area contributed by atoms with Crippen molar-refractivity contribution in [3.8, 4) is 5.75 Å². The van der Waals surface area contributed by atoms with E-state index in [0.29, 0.717) is 18.1 Å². The molecule has 0 aliphatic heterocycles. The van der Waals surface area contributed by atoms with E-state index in [1.807, 2.05) is 26.0 Å². The number of ether oxygens (including phenoxy) is 1. The first-order valence-corrected chi connectivity index (χ1v) is 7.33. The molecule has 2 aromatic rings. The summed E-state index contributed by atoms with van der Waals surface area (Å²) in [5.41, 5.74) is 0.915. The smallest absolute Gasteiger partial charge is 0.275 e. The second kappa shape index (κ2) is 7.93. The molecule has 2 rings (SSSR count). The predicted octanol–water partition coefficient (Wildman–Crippen LogP) is 3.11. The number of carbonyl (C=O) groups excluding carboxylic acids is 1. The monoisotopic (exact) mass is 312 g/mol. The molecule has 0 unspecified atom stereocenters. The Morgan fingerprint density at radius 2 is 2.00 bits per heavy atom. The maximum Gasteiger partial charge on any atom is 0.275 e. The van der Waals surface area contributed by atoms with Crippen LogP contribution < -0.4 is 15.4 Å². The summed E-state index contributed by atoms with van der Waals surface area (Å²) in [4.78, 5) is 20.3. The Kier molecular flexibility index (Phi) is 5.68. The SMILES string of the molecule is C=CCNc1cnc(C(=O)Nc2ccc(OC(C)C)cc2)cn1. The van der Waals surface area contributed by atoms with E-state index < -0.39 is 0 Å². The Hall–Kier alpha value is -2.89. The van der Waals surface area contributed by atoms with Gasteiger partial charge in [0.2, 0.25) is 0 Å². The summed E-state index contributed by atoms with van der Waals surface area (Å²) in [6.07, 6.45) is 4.77. The lowest BCUT2D eigenvalue weighted by molar-refractivity contribution is 0.102. The molecular weight excluding hydrogens is 292 g/mol. The molecule has 1 aromatic carbocycles. The molecule has 0 spiro atoms. The number of hydrogen-bond donors (Lipinski definition) is 2. The van der Waals surface area contributed by atoms with E-state index in [4.69, 9.17) is 4.74 Å². The molecule has 1 amide bonds. The number of nitrogens with one attached hydrogen (secondary N) is 2. The van der Waals surface area contributed by atoms with Gasteiger partial charge < -0.3 is 15.4 Å². The zero-order valence-corrected chi connectivity index (χ0v) is 13.2. The molecule has 1 aromatic heterocycles. The van der Waals surface area contributed by atoms with E-state index in [1.165, 1.54) is 12.4 Å². The third-order valence-corrected chi connectivity index (χ3v) is 2.80. The number of benzene rings is 1. The normalized spacial score (nSPS) is 10.2. The van der Waals surface area contributed by atoms with Crippen LogP contribution in [0.2, 0.25) is 0 Å². The summed E-state index contributed by atoms with van der Waals surface area (Å²) in [5.74, 6) is 1.04. The van der Waals surface area contributed by atoms with Crippen molar-refractivity contribution in [2.45, 2.75) is 20.0 Å². The van der Waals surface area contributed by atoms with Gasteiger partial charge in [-0.25, -0.2) is 9.97 Å². The average Bonchev–Trinajstić information content (AvgIpc) is 2.54. The van der Waals surface area contributed by atoms with Crippen molar-refractivity contribution in [2.75, 3.05) is 17.2 Å². The minimum absolute atomic E-state index is 0.110. The Labute approximate surface area is 135 Å². The molecule has 0 atom stereocenters. The van der Waals surface area contributed by atoms with E-state index in [1.54, 1.807) is 18.2 Å². The largest absolute Gasteiger partial charge is 0.491 e. The van der Waals surface area contributed by atoms with Crippen molar-refractivity contribution in [1.82, 2.24) is 9.97 Å². The average molecular weight is 312 g/mol. The van der Waals surface area contributed by atoms with Gasteiger partial charge in [0.1, 0.15) is 17.3 Å². The Morgan fingerprint density at radius 3 is 2.57 bits per heavy atom. The second-order valence-electron chi connectivity index (χ2n) is 5.10. The zero-order chi connectivity index (χ0) is 16.7. The Balaban J connectivity index is 1.96. The number of rotatable bonds is 7. The fraction of sp³-hybridized carbons (Fsp3) is 0.235. The van der Waals surface area contributed by atoms with Crippen LogP contribution in [0.5, 0.6) is 5.75 Å². The minimum Gasteiger partial charge on any atom is -0.491 e. The first kappa shape index (κ1) is 16.5. The molecule has 120 valence electrons. The summed E-state index contributed by atoms with van der Waals surface area (Å²) in [6, 6.07) is 7.18. The topological polar surface area (TPSA) is 76.1 Å². The molecule has 0 bridgehead atoms. The highest BCUT2D eigenvalue weighted by Crippen LogP contribution is 2.17. The van der Waals surface area contributed by atoms with Crippen LogP contribution in [0.4, 0.5) is 11.5 Å². The van der Waals surface area contributed by atoms with Crippen molar-refractivity contribution >= 4 is 17.4 Å². The van der Waals surface area contributed by atoms with Gasteiger partial charge in [-0.3, -0.25) is 4.79 Å². The number of aromatic nitrogens is 2. The molecule has 23 heavy (non-hydrogen) atoms. The van der Waals surface area contributed by atoms with Crippen LogP contribution in [0.25, 0.3) is 0 Å². The van der Waals surface area contributed by atoms with Crippen LogP contribution >= 0.6 is 0 Å². The van der Waals surface area contributed by atoms with Crippen molar-refractivity contribution in [2.24, 2.45) is 0 Å². The lowest BCUT2D eigenvalue weighted by atomic mass is 10.3. The van der Waals surface area contributed by atoms with E-state index in [-0.39, 0.29) is 17.7 Å². The standard InChI is InChI=1S/C17H20N4O2/c1-4-9-18-16-11-19-15(10-20-16)17(22)21-13-5-7-14(8-6-13)23-12(2)3/h4-8,10-12H,1,9H2,2-3H3,(H,18,20)(H,21,22). The van der Waals surface area contributed by atoms with Crippen molar-refractivity contribution in [3.63, 3.8) is 0 Å². The van der Waals surface area contributed by atoms with E-state index in [2.05, 4.69) is 27.2 Å². The number of hydrogen-bond acceptors (Lipinski definition) is 5. The van der Waals surface area contributed by atoms with E-state index >= 15 is 0 Å². The highest BCUT2D eigenvalue weighted by Gasteiger charge is 2.08. The highest BCUT2D eigenvalue weighted by atomic mass is 16.5. The fourth-order valence-corrected chi connectivity index (χ4v) is 1.80. The van der Waals surface area contributed by atoms with Gasteiger partial charge in [-0.2, -0.15) is 0 Å². The number of anilines is 2. The van der Waals surface area contributed by atoms with Crippen molar-refractivity contribution in [1.29, 1.82) is 0 Å². The lowest BCUT2D eigenvalue weighted by Crippen LogP contribution is -2.14. The maximum atomic E-state index is 12.1. The van der Waals surface area contributed by atoms with Gasteiger partial charge in [0.25, 0.3) is 5.91 Å². The third-order valence-electron chi connectivity index (χ3n) is 2.80. The first-order chi connectivity index (χ1) is 11.1. The van der Waals surface area contributed by atoms with E-state index in [9.17, 15) is 4.79 Å². The van der Waals surface area contributed by atoms with Crippen LogP contribution in [0.15, 0.2) is 49.3 Å². The maximum absolute atomic E-state index is 12.1. The van der Waals surface area contributed by atoms with Crippen LogP contribution in [-0.4, -0.2) is 28.5 Å². The molecule has 6 heteroatoms. The molecule has 2 N–H and O–H groups in total. The van der Waals surface area contributed by atoms with E-state index in [0.717, 1.165) is 5.75 Å². The second-order valence-corrected chi connectivity index (χ2v) is 5.10.